The van der Waals surface area contributed by atoms with Crippen molar-refractivity contribution in [3.63, 3.8) is 0 Å². The maximum Gasteiger partial charge on any atom is 0.326 e. The van der Waals surface area contributed by atoms with E-state index in [9.17, 15) is 9.59 Å². The van der Waals surface area contributed by atoms with Crippen molar-refractivity contribution in [3.8, 4) is 0 Å². The molecule has 0 aliphatic rings. The summed E-state index contributed by atoms with van der Waals surface area (Å²) in [7, 11) is 0. The Labute approximate surface area is 123 Å². The van der Waals surface area contributed by atoms with Gasteiger partial charge in [0, 0.05) is 11.6 Å². The van der Waals surface area contributed by atoms with Crippen molar-refractivity contribution in [2.24, 2.45) is 5.92 Å². The molecule has 110 valence electrons. The molecule has 0 saturated heterocycles. The number of carboxylic acids is 1. The molecule has 0 saturated carbocycles. The molecule has 0 radical (unpaired) electrons. The van der Waals surface area contributed by atoms with Gasteiger partial charge < -0.3 is 10.4 Å². The normalized spacial score (nSPS) is 12.3. The minimum Gasteiger partial charge on any atom is -0.480 e. The molecule has 0 bridgehead atoms. The van der Waals surface area contributed by atoms with Crippen molar-refractivity contribution in [1.29, 1.82) is 0 Å². The van der Waals surface area contributed by atoms with Crippen LogP contribution in [-0.4, -0.2) is 28.0 Å². The number of carboxylic acid groups (broad SMARTS) is 1. The molecule has 0 spiro atoms. The molecular formula is C16H18N2O3. The third-order valence-corrected chi connectivity index (χ3v) is 3.26. The zero-order valence-corrected chi connectivity index (χ0v) is 12.0. The first-order chi connectivity index (χ1) is 9.97. The fraction of sp³-hybridized carbons (Fsp3) is 0.312. The summed E-state index contributed by atoms with van der Waals surface area (Å²) in [5.74, 6) is -1.50. The summed E-state index contributed by atoms with van der Waals surface area (Å²) >= 11 is 0. The van der Waals surface area contributed by atoms with Gasteiger partial charge in [0.15, 0.2) is 0 Å². The zero-order valence-electron chi connectivity index (χ0n) is 12.0. The number of hydrogen-bond donors (Lipinski definition) is 2. The number of carbonyl (C=O) groups is 2. The van der Waals surface area contributed by atoms with E-state index in [4.69, 9.17) is 5.11 Å². The van der Waals surface area contributed by atoms with E-state index in [0.29, 0.717) is 0 Å². The highest BCUT2D eigenvalue weighted by atomic mass is 16.4. The molecule has 0 unspecified atom stereocenters. The van der Waals surface area contributed by atoms with Gasteiger partial charge in [0.05, 0.1) is 11.9 Å². The molecule has 5 heteroatoms. The van der Waals surface area contributed by atoms with Gasteiger partial charge in [-0.1, -0.05) is 32.0 Å². The minimum atomic E-state index is -1.02. The number of aromatic nitrogens is 1. The predicted molar refractivity (Wildman–Crippen MR) is 79.9 cm³/mol. The summed E-state index contributed by atoms with van der Waals surface area (Å²) < 4.78 is 0. The van der Waals surface area contributed by atoms with Crippen LogP contribution in [0.15, 0.2) is 36.5 Å². The topological polar surface area (TPSA) is 79.3 Å². The van der Waals surface area contributed by atoms with E-state index >= 15 is 0 Å². The predicted octanol–water partition coefficient (Wildman–Crippen LogP) is 2.00. The van der Waals surface area contributed by atoms with Crippen LogP contribution in [0.25, 0.3) is 10.9 Å². The third kappa shape index (κ3) is 3.78. The van der Waals surface area contributed by atoms with Crippen LogP contribution in [0.1, 0.15) is 19.4 Å². The van der Waals surface area contributed by atoms with E-state index in [1.54, 1.807) is 20.0 Å². The zero-order chi connectivity index (χ0) is 15.4. The number of hydrogen-bond acceptors (Lipinski definition) is 3. The summed E-state index contributed by atoms with van der Waals surface area (Å²) in [5.41, 5.74) is 1.63. The summed E-state index contributed by atoms with van der Waals surface area (Å²) in [4.78, 5) is 27.3. The first-order valence-corrected chi connectivity index (χ1v) is 6.83. The molecular weight excluding hydrogens is 268 g/mol. The van der Waals surface area contributed by atoms with Crippen LogP contribution in [0.5, 0.6) is 0 Å². The van der Waals surface area contributed by atoms with Gasteiger partial charge in [-0.15, -0.1) is 0 Å². The lowest BCUT2D eigenvalue weighted by Crippen LogP contribution is -2.44. The maximum absolute atomic E-state index is 12.0. The van der Waals surface area contributed by atoms with E-state index in [1.807, 2.05) is 30.3 Å². The molecule has 1 atom stereocenters. The smallest absolute Gasteiger partial charge is 0.326 e. The van der Waals surface area contributed by atoms with Gasteiger partial charge in [-0.05, 0) is 23.6 Å². The van der Waals surface area contributed by atoms with E-state index < -0.39 is 12.0 Å². The van der Waals surface area contributed by atoms with Crippen molar-refractivity contribution >= 4 is 22.8 Å². The molecule has 5 nitrogen and oxygen atoms in total. The van der Waals surface area contributed by atoms with Crippen molar-refractivity contribution in [2.75, 3.05) is 0 Å². The van der Waals surface area contributed by atoms with E-state index in [0.717, 1.165) is 16.5 Å². The van der Waals surface area contributed by atoms with Gasteiger partial charge in [0.25, 0.3) is 0 Å². The summed E-state index contributed by atoms with van der Waals surface area (Å²) in [6, 6.07) is 8.67. The number of aliphatic carboxylic acids is 1. The van der Waals surface area contributed by atoms with E-state index in [-0.39, 0.29) is 18.2 Å². The molecule has 2 aromatic rings. The number of nitrogens with one attached hydrogen (secondary N) is 1. The molecule has 2 N–H and O–H groups in total. The van der Waals surface area contributed by atoms with Crippen LogP contribution in [0.4, 0.5) is 0 Å². The average Bonchev–Trinajstić information content (AvgIpc) is 2.44. The van der Waals surface area contributed by atoms with Gasteiger partial charge in [0.2, 0.25) is 5.91 Å². The Balaban J connectivity index is 2.08. The van der Waals surface area contributed by atoms with Gasteiger partial charge in [-0.3, -0.25) is 9.78 Å². The second-order valence-corrected chi connectivity index (χ2v) is 5.34. The molecule has 1 heterocycles. The van der Waals surface area contributed by atoms with Crippen LogP contribution in [-0.2, 0) is 16.0 Å². The van der Waals surface area contributed by atoms with Crippen molar-refractivity contribution in [3.05, 3.63) is 42.1 Å². The summed E-state index contributed by atoms with van der Waals surface area (Å²) in [6.07, 6.45) is 1.77. The number of para-hydroxylation sites is 1. The van der Waals surface area contributed by atoms with Crippen LogP contribution in [0, 0.1) is 5.92 Å². The number of fused-ring (bicyclic) bond motifs is 1. The minimum absolute atomic E-state index is 0.119. The Morgan fingerprint density at radius 1 is 1.29 bits per heavy atom. The quantitative estimate of drug-likeness (QED) is 0.881. The van der Waals surface area contributed by atoms with Crippen LogP contribution >= 0.6 is 0 Å². The monoisotopic (exact) mass is 286 g/mol. The van der Waals surface area contributed by atoms with Crippen LogP contribution in [0.2, 0.25) is 0 Å². The Hall–Kier alpha value is -2.43. The standard InChI is InChI=1S/C16H18N2O3/c1-10(2)15(16(20)21)18-14(19)8-11-7-12-5-3-4-6-13(12)17-9-11/h3-7,9-10,15H,8H2,1-2H3,(H,18,19)(H,20,21)/t15-/m1/s1. The number of carbonyl (C=O) groups excluding carboxylic acids is 1. The van der Waals surface area contributed by atoms with E-state index in [2.05, 4.69) is 10.3 Å². The molecule has 21 heavy (non-hydrogen) atoms. The molecule has 1 aromatic heterocycles. The molecule has 0 fully saturated rings. The largest absolute Gasteiger partial charge is 0.480 e. The Bertz CT molecular complexity index is 667. The number of pyridine rings is 1. The fourth-order valence-electron chi connectivity index (χ4n) is 2.14. The number of benzene rings is 1. The average molecular weight is 286 g/mol. The maximum atomic E-state index is 12.0. The first kappa shape index (κ1) is 15.0. The highest BCUT2D eigenvalue weighted by Gasteiger charge is 2.23. The van der Waals surface area contributed by atoms with Crippen molar-refractivity contribution < 1.29 is 14.7 Å². The second kappa shape index (κ2) is 6.35. The molecule has 0 aliphatic carbocycles. The second-order valence-electron chi connectivity index (χ2n) is 5.34. The lowest BCUT2D eigenvalue weighted by atomic mass is 10.0. The lowest BCUT2D eigenvalue weighted by Gasteiger charge is -2.17. The third-order valence-electron chi connectivity index (χ3n) is 3.26. The van der Waals surface area contributed by atoms with Crippen LogP contribution in [0.3, 0.4) is 0 Å². The SMILES string of the molecule is CC(C)[C@@H](NC(=O)Cc1cnc2ccccc2c1)C(=O)O. The van der Waals surface area contributed by atoms with E-state index in [1.165, 1.54) is 0 Å². The lowest BCUT2D eigenvalue weighted by molar-refractivity contribution is -0.143. The fourth-order valence-corrected chi connectivity index (χ4v) is 2.14. The van der Waals surface area contributed by atoms with Gasteiger partial charge in [0.1, 0.15) is 6.04 Å². The molecule has 2 rings (SSSR count). The Morgan fingerprint density at radius 2 is 2.00 bits per heavy atom. The van der Waals surface area contributed by atoms with Crippen LogP contribution < -0.4 is 5.32 Å². The first-order valence-electron chi connectivity index (χ1n) is 6.83. The highest BCUT2D eigenvalue weighted by molar-refractivity contribution is 5.86. The summed E-state index contributed by atoms with van der Waals surface area (Å²) in [5, 5.41) is 12.6. The number of amides is 1. The van der Waals surface area contributed by atoms with Gasteiger partial charge in [-0.2, -0.15) is 0 Å². The molecule has 1 aromatic carbocycles. The molecule has 1 amide bonds. The van der Waals surface area contributed by atoms with Crippen molar-refractivity contribution in [2.45, 2.75) is 26.3 Å². The Morgan fingerprint density at radius 3 is 2.67 bits per heavy atom. The van der Waals surface area contributed by atoms with Gasteiger partial charge >= 0.3 is 5.97 Å². The summed E-state index contributed by atoms with van der Waals surface area (Å²) in [6.45, 7) is 3.52. The molecule has 0 aliphatic heterocycles. The highest BCUT2D eigenvalue weighted by Crippen LogP contribution is 2.13. The van der Waals surface area contributed by atoms with Crippen molar-refractivity contribution in [1.82, 2.24) is 10.3 Å². The number of nitrogens with zero attached hydrogens (tertiary/aromatic N) is 1. The Kier molecular flexibility index (Phi) is 4.52. The van der Waals surface area contributed by atoms with Gasteiger partial charge in [-0.25, -0.2) is 4.79 Å². The number of rotatable bonds is 5.